The molecule has 5 rings (SSSR count). The van der Waals surface area contributed by atoms with Gasteiger partial charge in [-0.15, -0.1) is 0 Å². The number of rotatable bonds is 6. The van der Waals surface area contributed by atoms with Crippen molar-refractivity contribution in [2.24, 2.45) is 4.99 Å². The zero-order chi connectivity index (χ0) is 23.3. The van der Waals surface area contributed by atoms with Gasteiger partial charge in [-0.05, 0) is 59.3 Å². The van der Waals surface area contributed by atoms with E-state index < -0.39 is 11.9 Å². The maximum Gasteiger partial charge on any atom is 0.379 e. The zero-order valence-corrected chi connectivity index (χ0v) is 17.7. The molecule has 2 aromatic heterocycles. The predicted octanol–water partition coefficient (Wildman–Crippen LogP) is 6.21. The molecule has 0 unspecified atom stereocenters. The fraction of sp³-hybridized carbons (Fsp3) is 0. The minimum atomic E-state index is -0.695. The van der Waals surface area contributed by atoms with Gasteiger partial charge < -0.3 is 18.3 Å². The number of benzene rings is 3. The third-order valence-corrected chi connectivity index (χ3v) is 4.93. The highest BCUT2D eigenvalue weighted by Gasteiger charge is 2.17. The first kappa shape index (κ1) is 21.0. The number of nitrogens with zero attached hydrogens (tertiary/aromatic N) is 1. The Morgan fingerprint density at radius 2 is 1.41 bits per heavy atom. The predicted molar refractivity (Wildman–Crippen MR) is 125 cm³/mol. The van der Waals surface area contributed by atoms with Crippen molar-refractivity contribution < 1.29 is 27.9 Å². The number of hydrogen-bond acceptors (Lipinski definition) is 7. The first-order chi connectivity index (χ1) is 16.7. The monoisotopic (exact) mass is 451 g/mol. The molecule has 166 valence electrons. The summed E-state index contributed by atoms with van der Waals surface area (Å²) < 4.78 is 21.0. The molecule has 34 heavy (non-hydrogen) atoms. The lowest BCUT2D eigenvalue weighted by atomic mass is 10.1. The summed E-state index contributed by atoms with van der Waals surface area (Å²) in [5.74, 6) is -0.959. The summed E-state index contributed by atoms with van der Waals surface area (Å²) in [4.78, 5) is 29.2. The van der Waals surface area contributed by atoms with Gasteiger partial charge in [0.05, 0.1) is 18.2 Å². The van der Waals surface area contributed by atoms with Crippen molar-refractivity contribution >= 4 is 34.6 Å². The summed E-state index contributed by atoms with van der Waals surface area (Å²) in [6.45, 7) is 0. The molecule has 0 spiro atoms. The van der Waals surface area contributed by atoms with Gasteiger partial charge >= 0.3 is 11.9 Å². The summed E-state index contributed by atoms with van der Waals surface area (Å²) in [7, 11) is 0. The average Bonchev–Trinajstić information content (AvgIpc) is 3.58. The van der Waals surface area contributed by atoms with Crippen LogP contribution in [-0.2, 0) is 0 Å². The van der Waals surface area contributed by atoms with E-state index in [1.165, 1.54) is 30.7 Å². The van der Waals surface area contributed by atoms with Gasteiger partial charge in [0.1, 0.15) is 11.5 Å². The third kappa shape index (κ3) is 4.63. The van der Waals surface area contributed by atoms with Gasteiger partial charge in [0.2, 0.25) is 11.5 Å². The second-order valence-electron chi connectivity index (χ2n) is 7.22. The van der Waals surface area contributed by atoms with E-state index in [9.17, 15) is 9.59 Å². The van der Waals surface area contributed by atoms with Crippen LogP contribution >= 0.6 is 0 Å². The molecule has 5 aromatic rings. The number of ether oxygens (including phenoxy) is 2. The number of carbonyl (C=O) groups is 2. The van der Waals surface area contributed by atoms with Crippen LogP contribution in [-0.4, -0.2) is 18.2 Å². The second-order valence-corrected chi connectivity index (χ2v) is 7.22. The van der Waals surface area contributed by atoms with Gasteiger partial charge in [0.15, 0.2) is 0 Å². The lowest BCUT2D eigenvalue weighted by Crippen LogP contribution is -2.10. The number of fused-ring (bicyclic) bond motifs is 1. The van der Waals surface area contributed by atoms with Gasteiger partial charge in [0.25, 0.3) is 0 Å². The van der Waals surface area contributed by atoms with E-state index in [4.69, 9.17) is 18.3 Å². The molecule has 2 heterocycles. The maximum atomic E-state index is 12.5. The molecule has 0 aliphatic carbocycles. The number of aliphatic imine (C=N–C) groups is 1. The van der Waals surface area contributed by atoms with Crippen molar-refractivity contribution in [1.82, 2.24) is 0 Å². The molecule has 0 amide bonds. The molecule has 0 N–H and O–H groups in total. The molecule has 0 atom stereocenters. The SMILES string of the molecule is O=C(Oc1ccc(C=Nc2ccc3ccccc3c2)c(OC(=O)c2ccco2)c1)c1ccco1. The molecule has 0 saturated heterocycles. The Balaban J connectivity index is 1.44. The Bertz CT molecular complexity index is 1480. The molecule has 3 aromatic carbocycles. The molecule has 0 bridgehead atoms. The summed E-state index contributed by atoms with van der Waals surface area (Å²) in [5, 5.41) is 2.17. The smallest absolute Gasteiger partial charge is 0.379 e. The van der Waals surface area contributed by atoms with Crippen LogP contribution < -0.4 is 9.47 Å². The number of esters is 2. The average molecular weight is 451 g/mol. The van der Waals surface area contributed by atoms with Crippen LogP contribution in [0.1, 0.15) is 26.7 Å². The Morgan fingerprint density at radius 1 is 0.706 bits per heavy atom. The largest absolute Gasteiger partial charge is 0.457 e. The van der Waals surface area contributed by atoms with Gasteiger partial charge in [0, 0.05) is 17.8 Å². The van der Waals surface area contributed by atoms with Gasteiger partial charge in [-0.25, -0.2) is 9.59 Å². The van der Waals surface area contributed by atoms with E-state index in [-0.39, 0.29) is 23.0 Å². The maximum absolute atomic E-state index is 12.5. The topological polar surface area (TPSA) is 91.2 Å². The summed E-state index contributed by atoms with van der Waals surface area (Å²) in [6, 6.07) is 24.6. The van der Waals surface area contributed by atoms with E-state index >= 15 is 0 Å². The summed E-state index contributed by atoms with van der Waals surface area (Å²) >= 11 is 0. The van der Waals surface area contributed by atoms with Crippen LogP contribution in [0.15, 0.2) is 111 Å². The quantitative estimate of drug-likeness (QED) is 0.173. The van der Waals surface area contributed by atoms with Crippen LogP contribution in [0, 0.1) is 0 Å². The molecule has 0 aliphatic heterocycles. The fourth-order valence-corrected chi connectivity index (χ4v) is 3.27. The molecule has 7 heteroatoms. The fourth-order valence-electron chi connectivity index (χ4n) is 3.27. The number of carbonyl (C=O) groups excluding carboxylic acids is 2. The van der Waals surface area contributed by atoms with Gasteiger partial charge in [-0.2, -0.15) is 0 Å². The van der Waals surface area contributed by atoms with Crippen LogP contribution in [0.4, 0.5) is 5.69 Å². The molecule has 7 nitrogen and oxygen atoms in total. The highest BCUT2D eigenvalue weighted by molar-refractivity contribution is 5.93. The van der Waals surface area contributed by atoms with Gasteiger partial charge in [-0.3, -0.25) is 4.99 Å². The second kappa shape index (κ2) is 9.30. The van der Waals surface area contributed by atoms with E-state index in [1.807, 2.05) is 42.5 Å². The number of hydrogen-bond donors (Lipinski definition) is 0. The molecular weight excluding hydrogens is 434 g/mol. The Labute approximate surface area is 193 Å². The highest BCUT2D eigenvalue weighted by Crippen LogP contribution is 2.27. The first-order valence-corrected chi connectivity index (χ1v) is 10.3. The van der Waals surface area contributed by atoms with E-state index in [1.54, 1.807) is 30.5 Å². The normalized spacial score (nSPS) is 11.1. The van der Waals surface area contributed by atoms with E-state index in [0.29, 0.717) is 5.56 Å². The zero-order valence-electron chi connectivity index (χ0n) is 17.7. The lowest BCUT2D eigenvalue weighted by molar-refractivity contribution is 0.0698. The molecular formula is C27H17NO6. The van der Waals surface area contributed by atoms with Gasteiger partial charge in [-0.1, -0.05) is 30.3 Å². The minimum absolute atomic E-state index is 0.0374. The Kier molecular flexibility index (Phi) is 5.73. The minimum Gasteiger partial charge on any atom is -0.457 e. The summed E-state index contributed by atoms with van der Waals surface area (Å²) in [6.07, 6.45) is 4.33. The summed E-state index contributed by atoms with van der Waals surface area (Å²) in [5.41, 5.74) is 1.24. The van der Waals surface area contributed by atoms with Crippen LogP contribution in [0.2, 0.25) is 0 Å². The molecule has 0 saturated carbocycles. The molecule has 0 fully saturated rings. The Morgan fingerprint density at radius 3 is 2.12 bits per heavy atom. The van der Waals surface area contributed by atoms with Crippen molar-refractivity contribution in [2.45, 2.75) is 0 Å². The van der Waals surface area contributed by atoms with Crippen LogP contribution in [0.5, 0.6) is 11.5 Å². The molecule has 0 aliphatic rings. The van der Waals surface area contributed by atoms with Crippen LogP contribution in [0.3, 0.4) is 0 Å². The third-order valence-electron chi connectivity index (χ3n) is 4.93. The van der Waals surface area contributed by atoms with Crippen LogP contribution in [0.25, 0.3) is 10.8 Å². The van der Waals surface area contributed by atoms with Crippen molar-refractivity contribution in [3.63, 3.8) is 0 Å². The standard InChI is InChI=1S/C27H17NO6/c29-26(23-7-3-13-31-23)33-22-12-10-20(25(16-22)34-27(30)24-8-4-14-32-24)17-28-21-11-9-18-5-1-2-6-19(18)15-21/h1-17H. The van der Waals surface area contributed by atoms with Crippen molar-refractivity contribution in [2.75, 3.05) is 0 Å². The molecule has 0 radical (unpaired) electrons. The number of furan rings is 2. The highest BCUT2D eigenvalue weighted by atomic mass is 16.6. The van der Waals surface area contributed by atoms with E-state index in [0.717, 1.165) is 16.5 Å². The Hall–Kier alpha value is -4.91. The van der Waals surface area contributed by atoms with E-state index in [2.05, 4.69) is 4.99 Å². The van der Waals surface area contributed by atoms with Crippen molar-refractivity contribution in [3.8, 4) is 11.5 Å². The lowest BCUT2D eigenvalue weighted by Gasteiger charge is -2.09. The van der Waals surface area contributed by atoms with Crippen molar-refractivity contribution in [3.05, 3.63) is 115 Å². The van der Waals surface area contributed by atoms with Crippen molar-refractivity contribution in [1.29, 1.82) is 0 Å². The first-order valence-electron chi connectivity index (χ1n) is 10.3.